The topological polar surface area (TPSA) is 50.4 Å². The summed E-state index contributed by atoms with van der Waals surface area (Å²) in [5.74, 6) is -0.149. The average molecular weight is 323 g/mol. The number of ether oxygens (including phenoxy) is 1. The summed E-state index contributed by atoms with van der Waals surface area (Å²) in [6.07, 6.45) is 0. The van der Waals surface area contributed by atoms with Gasteiger partial charge in [0.15, 0.2) is 0 Å². The molecule has 0 aromatic heterocycles. The van der Waals surface area contributed by atoms with Crippen molar-refractivity contribution in [1.82, 2.24) is 0 Å². The van der Waals surface area contributed by atoms with Gasteiger partial charge in [-0.05, 0) is 30.3 Å². The molecule has 0 aliphatic rings. The highest BCUT2D eigenvalue weighted by Gasteiger charge is 2.09. The summed E-state index contributed by atoms with van der Waals surface area (Å²) in [5, 5.41) is 6.16. The van der Waals surface area contributed by atoms with E-state index in [0.717, 1.165) is 5.56 Å². The molecule has 2 aromatic rings. The fourth-order valence-corrected chi connectivity index (χ4v) is 2.25. The van der Waals surface area contributed by atoms with Gasteiger partial charge in [-0.25, -0.2) is 4.39 Å². The minimum absolute atomic E-state index is 0.128. The van der Waals surface area contributed by atoms with Gasteiger partial charge in [0.25, 0.3) is 0 Å². The van der Waals surface area contributed by atoms with Crippen LogP contribution in [0, 0.1) is 5.82 Å². The highest BCUT2D eigenvalue weighted by atomic mass is 35.5. The summed E-state index contributed by atoms with van der Waals surface area (Å²) < 4.78 is 18.9. The van der Waals surface area contributed by atoms with Gasteiger partial charge in [-0.15, -0.1) is 0 Å². The lowest BCUT2D eigenvalue weighted by Crippen LogP contribution is -2.08. The van der Waals surface area contributed by atoms with E-state index in [1.807, 2.05) is 6.07 Å². The van der Waals surface area contributed by atoms with Gasteiger partial charge in [0.05, 0.1) is 12.8 Å². The maximum absolute atomic E-state index is 13.6. The van der Waals surface area contributed by atoms with Gasteiger partial charge in [0.1, 0.15) is 11.6 Å². The molecule has 0 fully saturated rings. The van der Waals surface area contributed by atoms with E-state index >= 15 is 0 Å². The van der Waals surface area contributed by atoms with E-state index in [9.17, 15) is 9.18 Å². The van der Waals surface area contributed by atoms with Crippen molar-refractivity contribution in [3.63, 3.8) is 0 Å². The third-order valence-corrected chi connectivity index (χ3v) is 3.40. The van der Waals surface area contributed by atoms with E-state index < -0.39 is 5.82 Å². The number of carbonyl (C=O) groups excluding carboxylic acids is 1. The van der Waals surface area contributed by atoms with Crippen LogP contribution in [0.3, 0.4) is 0 Å². The number of hydrogen-bond acceptors (Lipinski definition) is 3. The molecule has 2 N–H and O–H groups in total. The number of anilines is 2. The van der Waals surface area contributed by atoms with Crippen LogP contribution in [0.25, 0.3) is 0 Å². The Morgan fingerprint density at radius 1 is 1.32 bits per heavy atom. The van der Waals surface area contributed by atoms with Crippen molar-refractivity contribution in [3.8, 4) is 5.75 Å². The molecular weight excluding hydrogens is 307 g/mol. The second kappa shape index (κ2) is 7.13. The van der Waals surface area contributed by atoms with Crippen LogP contribution in [0.5, 0.6) is 5.75 Å². The number of benzene rings is 2. The molecule has 6 heteroatoms. The van der Waals surface area contributed by atoms with Crippen molar-refractivity contribution in [2.24, 2.45) is 0 Å². The summed E-state index contributed by atoms with van der Waals surface area (Å²) in [7, 11) is 1.57. The zero-order valence-electron chi connectivity index (χ0n) is 12.2. The number of amides is 1. The first kappa shape index (κ1) is 16.1. The lowest BCUT2D eigenvalue weighted by atomic mass is 10.2. The summed E-state index contributed by atoms with van der Waals surface area (Å²) >= 11 is 6.16. The second-order valence-corrected chi connectivity index (χ2v) is 5.06. The molecule has 22 heavy (non-hydrogen) atoms. The van der Waals surface area contributed by atoms with Crippen LogP contribution in [0.1, 0.15) is 12.5 Å². The first-order chi connectivity index (χ1) is 10.5. The van der Waals surface area contributed by atoms with Crippen LogP contribution in [-0.4, -0.2) is 13.0 Å². The smallest absolute Gasteiger partial charge is 0.221 e. The highest BCUT2D eigenvalue weighted by molar-refractivity contribution is 6.31. The molecular formula is C16H16ClFN2O2. The Hall–Kier alpha value is -2.27. The van der Waals surface area contributed by atoms with E-state index in [-0.39, 0.29) is 11.6 Å². The maximum atomic E-state index is 13.6. The van der Waals surface area contributed by atoms with Crippen LogP contribution >= 0.6 is 11.6 Å². The number of hydrogen-bond donors (Lipinski definition) is 2. The van der Waals surface area contributed by atoms with Gasteiger partial charge < -0.3 is 15.4 Å². The van der Waals surface area contributed by atoms with Crippen LogP contribution in [0.2, 0.25) is 5.02 Å². The SMILES string of the molecule is COc1cccc(Cl)c1CNc1ccc(F)c(NC(C)=O)c1. The van der Waals surface area contributed by atoms with E-state index in [4.69, 9.17) is 16.3 Å². The van der Waals surface area contributed by atoms with E-state index in [1.54, 1.807) is 25.3 Å². The Bertz CT molecular complexity index is 692. The Morgan fingerprint density at radius 2 is 2.09 bits per heavy atom. The molecule has 0 spiro atoms. The van der Waals surface area contributed by atoms with E-state index in [2.05, 4.69) is 10.6 Å². The number of rotatable bonds is 5. The zero-order chi connectivity index (χ0) is 16.1. The average Bonchev–Trinajstić information content (AvgIpc) is 2.48. The van der Waals surface area contributed by atoms with E-state index in [0.29, 0.717) is 23.0 Å². The van der Waals surface area contributed by atoms with Gasteiger partial charge in [-0.2, -0.15) is 0 Å². The fourth-order valence-electron chi connectivity index (χ4n) is 2.01. The third-order valence-electron chi connectivity index (χ3n) is 3.04. The monoisotopic (exact) mass is 322 g/mol. The highest BCUT2D eigenvalue weighted by Crippen LogP contribution is 2.27. The van der Waals surface area contributed by atoms with Crippen molar-refractivity contribution in [3.05, 3.63) is 52.8 Å². The Labute approximate surface area is 133 Å². The lowest BCUT2D eigenvalue weighted by Gasteiger charge is -2.13. The standard InChI is InChI=1S/C16H16ClFN2O2/c1-10(21)20-15-8-11(6-7-14(15)18)19-9-12-13(17)4-3-5-16(12)22-2/h3-8,19H,9H2,1-2H3,(H,20,21). The molecule has 116 valence electrons. The van der Waals surface area contributed by atoms with Crippen LogP contribution in [0.4, 0.5) is 15.8 Å². The molecule has 0 heterocycles. The zero-order valence-corrected chi connectivity index (χ0v) is 13.0. The summed E-state index contributed by atoms with van der Waals surface area (Å²) in [6, 6.07) is 9.80. The van der Waals surface area contributed by atoms with Crippen molar-refractivity contribution in [2.45, 2.75) is 13.5 Å². The molecule has 2 rings (SSSR count). The van der Waals surface area contributed by atoms with Gasteiger partial charge in [0.2, 0.25) is 5.91 Å². The molecule has 0 atom stereocenters. The quantitative estimate of drug-likeness (QED) is 0.873. The summed E-state index contributed by atoms with van der Waals surface area (Å²) in [6.45, 7) is 1.74. The van der Waals surface area contributed by atoms with Crippen LogP contribution in [-0.2, 0) is 11.3 Å². The van der Waals surface area contributed by atoms with Crippen molar-refractivity contribution in [2.75, 3.05) is 17.7 Å². The Balaban J connectivity index is 2.17. The predicted octanol–water partition coefficient (Wildman–Crippen LogP) is 4.06. The summed E-state index contributed by atoms with van der Waals surface area (Å²) in [5.41, 5.74) is 1.59. The summed E-state index contributed by atoms with van der Waals surface area (Å²) in [4.78, 5) is 11.1. The van der Waals surface area contributed by atoms with Crippen LogP contribution in [0.15, 0.2) is 36.4 Å². The third kappa shape index (κ3) is 3.89. The number of nitrogens with one attached hydrogen (secondary N) is 2. The fraction of sp³-hybridized carbons (Fsp3) is 0.188. The van der Waals surface area contributed by atoms with Gasteiger partial charge in [0, 0.05) is 29.7 Å². The van der Waals surface area contributed by atoms with E-state index in [1.165, 1.54) is 19.1 Å². The molecule has 0 saturated heterocycles. The molecule has 1 amide bonds. The molecule has 0 aliphatic heterocycles. The molecule has 0 aliphatic carbocycles. The van der Waals surface area contributed by atoms with Crippen molar-refractivity contribution >= 4 is 28.9 Å². The van der Waals surface area contributed by atoms with Gasteiger partial charge >= 0.3 is 0 Å². The molecule has 0 radical (unpaired) electrons. The van der Waals surface area contributed by atoms with Crippen molar-refractivity contribution in [1.29, 1.82) is 0 Å². The molecule has 0 bridgehead atoms. The first-order valence-corrected chi connectivity index (χ1v) is 7.01. The second-order valence-electron chi connectivity index (χ2n) is 4.65. The number of methoxy groups -OCH3 is 1. The molecule has 2 aromatic carbocycles. The Morgan fingerprint density at radius 3 is 2.77 bits per heavy atom. The van der Waals surface area contributed by atoms with Gasteiger partial charge in [-0.3, -0.25) is 4.79 Å². The van der Waals surface area contributed by atoms with Crippen LogP contribution < -0.4 is 15.4 Å². The molecule has 0 saturated carbocycles. The largest absolute Gasteiger partial charge is 0.496 e. The lowest BCUT2D eigenvalue weighted by molar-refractivity contribution is -0.114. The Kier molecular flexibility index (Phi) is 5.22. The maximum Gasteiger partial charge on any atom is 0.221 e. The minimum Gasteiger partial charge on any atom is -0.496 e. The van der Waals surface area contributed by atoms with Crippen molar-refractivity contribution < 1.29 is 13.9 Å². The minimum atomic E-state index is -0.490. The number of carbonyl (C=O) groups is 1. The molecule has 0 unspecified atom stereocenters. The van der Waals surface area contributed by atoms with Gasteiger partial charge in [-0.1, -0.05) is 17.7 Å². The first-order valence-electron chi connectivity index (χ1n) is 6.63. The molecule has 4 nitrogen and oxygen atoms in total. The number of halogens is 2. The normalized spacial score (nSPS) is 10.2. The predicted molar refractivity (Wildman–Crippen MR) is 86.0 cm³/mol.